The molecule has 1 fully saturated rings. The lowest BCUT2D eigenvalue weighted by Gasteiger charge is -2.33. The summed E-state index contributed by atoms with van der Waals surface area (Å²) in [4.78, 5) is 24.3. The number of methoxy groups -OCH3 is 1. The molecule has 1 aromatic rings. The van der Waals surface area contributed by atoms with Gasteiger partial charge in [-0.2, -0.15) is 5.26 Å². The number of hydrogen-bond acceptors (Lipinski definition) is 6. The molecular formula is C19H24N2O5. The number of nitrogens with one attached hydrogen (secondary N) is 1. The van der Waals surface area contributed by atoms with Crippen molar-refractivity contribution in [3.05, 3.63) is 29.8 Å². The van der Waals surface area contributed by atoms with Gasteiger partial charge in [-0.3, -0.25) is 9.59 Å². The third kappa shape index (κ3) is 4.33. The fourth-order valence-corrected chi connectivity index (χ4v) is 3.02. The van der Waals surface area contributed by atoms with Crippen molar-refractivity contribution in [3.8, 4) is 11.8 Å². The van der Waals surface area contributed by atoms with Crippen molar-refractivity contribution < 1.29 is 23.8 Å². The molecule has 0 spiro atoms. The van der Waals surface area contributed by atoms with E-state index in [0.29, 0.717) is 17.9 Å². The predicted octanol–water partition coefficient (Wildman–Crippen LogP) is 1.91. The van der Waals surface area contributed by atoms with Crippen LogP contribution in [0.25, 0.3) is 0 Å². The van der Waals surface area contributed by atoms with Crippen LogP contribution in [0.15, 0.2) is 24.3 Å². The van der Waals surface area contributed by atoms with Crippen LogP contribution in [0.4, 0.5) is 0 Å². The van der Waals surface area contributed by atoms with Crippen molar-refractivity contribution in [2.75, 3.05) is 26.9 Å². The molecule has 1 saturated heterocycles. The Bertz CT molecular complexity index is 668. The van der Waals surface area contributed by atoms with Crippen LogP contribution in [0.2, 0.25) is 0 Å². The molecule has 1 heterocycles. The van der Waals surface area contributed by atoms with Gasteiger partial charge in [0.2, 0.25) is 5.91 Å². The number of esters is 1. The van der Waals surface area contributed by atoms with Gasteiger partial charge in [-0.15, -0.1) is 0 Å². The van der Waals surface area contributed by atoms with E-state index < -0.39 is 23.3 Å². The number of unbranched alkanes of at least 4 members (excludes halogenated alkanes) is 1. The van der Waals surface area contributed by atoms with Gasteiger partial charge in [0.1, 0.15) is 23.6 Å². The highest BCUT2D eigenvalue weighted by molar-refractivity contribution is 5.82. The molecule has 1 aliphatic rings. The molecule has 0 bridgehead atoms. The summed E-state index contributed by atoms with van der Waals surface area (Å²) in [5.41, 5.74) is -0.359. The van der Waals surface area contributed by atoms with Crippen molar-refractivity contribution >= 4 is 11.9 Å². The topological polar surface area (TPSA) is 97.6 Å². The molecule has 1 aliphatic heterocycles. The van der Waals surface area contributed by atoms with E-state index in [2.05, 4.69) is 12.2 Å². The number of ether oxygens (including phenoxy) is 3. The smallest absolute Gasteiger partial charge is 0.313 e. The Kier molecular flexibility index (Phi) is 6.98. The summed E-state index contributed by atoms with van der Waals surface area (Å²) < 4.78 is 16.1. The van der Waals surface area contributed by atoms with Gasteiger partial charge in [-0.05, 0) is 24.1 Å². The van der Waals surface area contributed by atoms with Crippen molar-refractivity contribution in [3.63, 3.8) is 0 Å². The van der Waals surface area contributed by atoms with Crippen LogP contribution in [0, 0.1) is 17.2 Å². The molecule has 7 nitrogen and oxygen atoms in total. The second-order valence-electron chi connectivity index (χ2n) is 6.17. The number of nitrogens with zero attached hydrogens (tertiary/aromatic N) is 1. The van der Waals surface area contributed by atoms with Gasteiger partial charge in [0, 0.05) is 0 Å². The molecule has 1 N–H and O–H groups in total. The van der Waals surface area contributed by atoms with E-state index in [1.807, 2.05) is 6.07 Å². The third-order valence-corrected chi connectivity index (χ3v) is 4.43. The number of amides is 1. The fourth-order valence-electron chi connectivity index (χ4n) is 3.02. The first-order chi connectivity index (χ1) is 12.6. The summed E-state index contributed by atoms with van der Waals surface area (Å²) in [7, 11) is 1.30. The minimum absolute atomic E-state index is 0.125. The van der Waals surface area contributed by atoms with Gasteiger partial charge in [0.15, 0.2) is 0 Å². The summed E-state index contributed by atoms with van der Waals surface area (Å²) in [6.45, 7) is 2.98. The SMILES string of the molecule is CCCCOc1ccc([C@]2(NC(=O)CC#N)COCC2C(=O)OC)cc1. The number of hydrogen-bond donors (Lipinski definition) is 1. The Morgan fingerprint density at radius 2 is 2.12 bits per heavy atom. The molecule has 7 heteroatoms. The van der Waals surface area contributed by atoms with Crippen LogP contribution in [0.5, 0.6) is 5.75 Å². The minimum Gasteiger partial charge on any atom is -0.494 e. The number of rotatable bonds is 8. The van der Waals surface area contributed by atoms with Crippen LogP contribution in [0.1, 0.15) is 31.7 Å². The summed E-state index contributed by atoms with van der Waals surface area (Å²) in [5, 5.41) is 11.6. The van der Waals surface area contributed by atoms with Gasteiger partial charge >= 0.3 is 5.97 Å². The zero-order valence-corrected chi connectivity index (χ0v) is 15.1. The van der Waals surface area contributed by atoms with Gasteiger partial charge in [-0.25, -0.2) is 0 Å². The van der Waals surface area contributed by atoms with Gasteiger partial charge in [0.25, 0.3) is 0 Å². The molecule has 140 valence electrons. The van der Waals surface area contributed by atoms with Crippen LogP contribution in [-0.2, 0) is 24.6 Å². The molecule has 2 rings (SSSR count). The largest absolute Gasteiger partial charge is 0.494 e. The van der Waals surface area contributed by atoms with Crippen molar-refractivity contribution in [1.29, 1.82) is 5.26 Å². The Morgan fingerprint density at radius 3 is 2.73 bits per heavy atom. The zero-order valence-electron chi connectivity index (χ0n) is 15.1. The van der Waals surface area contributed by atoms with Gasteiger partial charge < -0.3 is 19.5 Å². The average Bonchev–Trinajstić information content (AvgIpc) is 3.06. The highest BCUT2D eigenvalue weighted by atomic mass is 16.5. The minimum atomic E-state index is -1.07. The highest BCUT2D eigenvalue weighted by Crippen LogP contribution is 2.37. The molecule has 0 radical (unpaired) electrons. The molecule has 0 saturated carbocycles. The van der Waals surface area contributed by atoms with Crippen molar-refractivity contribution in [2.24, 2.45) is 5.92 Å². The van der Waals surface area contributed by atoms with E-state index in [-0.39, 0.29) is 19.6 Å². The average molecular weight is 360 g/mol. The second kappa shape index (κ2) is 9.20. The second-order valence-corrected chi connectivity index (χ2v) is 6.17. The quantitative estimate of drug-likeness (QED) is 0.562. The highest BCUT2D eigenvalue weighted by Gasteiger charge is 2.51. The standard InChI is InChI=1S/C19H24N2O5/c1-3-4-11-26-15-7-5-14(6-8-15)19(21-17(22)9-10-20)13-25-12-16(19)18(23)24-2/h5-8,16H,3-4,9,11-13H2,1-2H3,(H,21,22)/t16?,19-/m1/s1. The van der Waals surface area contributed by atoms with Crippen LogP contribution < -0.4 is 10.1 Å². The number of carbonyl (C=O) groups is 2. The van der Waals surface area contributed by atoms with E-state index in [1.165, 1.54) is 7.11 Å². The first-order valence-corrected chi connectivity index (χ1v) is 8.64. The maximum atomic E-state index is 12.2. The van der Waals surface area contributed by atoms with Crippen molar-refractivity contribution in [1.82, 2.24) is 5.32 Å². The van der Waals surface area contributed by atoms with Crippen molar-refractivity contribution in [2.45, 2.75) is 31.7 Å². The van der Waals surface area contributed by atoms with E-state index in [4.69, 9.17) is 19.5 Å². The summed E-state index contributed by atoms with van der Waals surface area (Å²) in [5.74, 6) is -0.908. The Balaban J connectivity index is 2.30. The molecule has 1 unspecified atom stereocenters. The van der Waals surface area contributed by atoms with E-state index in [0.717, 1.165) is 12.8 Å². The third-order valence-electron chi connectivity index (χ3n) is 4.43. The summed E-state index contributed by atoms with van der Waals surface area (Å²) in [6.07, 6.45) is 1.71. The molecule has 1 aromatic carbocycles. The monoisotopic (exact) mass is 360 g/mol. The Morgan fingerprint density at radius 1 is 1.38 bits per heavy atom. The molecule has 0 aliphatic carbocycles. The molecular weight excluding hydrogens is 336 g/mol. The zero-order chi connectivity index (χ0) is 19.0. The van der Waals surface area contributed by atoms with Crippen LogP contribution in [-0.4, -0.2) is 38.8 Å². The van der Waals surface area contributed by atoms with E-state index in [9.17, 15) is 9.59 Å². The molecule has 0 aromatic heterocycles. The lowest BCUT2D eigenvalue weighted by molar-refractivity contribution is -0.147. The number of nitriles is 1. The predicted molar refractivity (Wildman–Crippen MR) is 93.2 cm³/mol. The molecule has 1 amide bonds. The molecule has 26 heavy (non-hydrogen) atoms. The van der Waals surface area contributed by atoms with E-state index in [1.54, 1.807) is 24.3 Å². The lowest BCUT2D eigenvalue weighted by Crippen LogP contribution is -2.53. The van der Waals surface area contributed by atoms with Crippen LogP contribution in [0.3, 0.4) is 0 Å². The Hall–Kier alpha value is -2.59. The summed E-state index contributed by atoms with van der Waals surface area (Å²) >= 11 is 0. The first-order valence-electron chi connectivity index (χ1n) is 8.64. The van der Waals surface area contributed by atoms with Gasteiger partial charge in [0.05, 0.1) is 33.0 Å². The molecule has 2 atom stereocenters. The maximum Gasteiger partial charge on any atom is 0.313 e. The summed E-state index contributed by atoms with van der Waals surface area (Å²) in [6, 6.07) is 9.03. The Labute approximate surface area is 153 Å². The number of benzene rings is 1. The van der Waals surface area contributed by atoms with E-state index >= 15 is 0 Å². The number of carbonyl (C=O) groups excluding carboxylic acids is 2. The lowest BCUT2D eigenvalue weighted by atomic mass is 9.80. The maximum absolute atomic E-state index is 12.2. The normalized spacial score (nSPS) is 21.7. The van der Waals surface area contributed by atoms with Gasteiger partial charge in [-0.1, -0.05) is 25.5 Å². The first kappa shape index (κ1) is 19.7. The fraction of sp³-hybridized carbons (Fsp3) is 0.526. The van der Waals surface area contributed by atoms with Crippen LogP contribution >= 0.6 is 0 Å².